The number of nitrogens with zero attached hydrogens (tertiary/aromatic N) is 6. The first kappa shape index (κ1) is 15.3. The SMILES string of the molecule is C[C@H](Nc1ccc2nnc(-c3ccccc3)n2n1)[C@H](C)n1cccn1. The number of rotatable bonds is 5. The zero-order chi connectivity index (χ0) is 17.2. The molecule has 126 valence electrons. The van der Waals surface area contributed by atoms with Gasteiger partial charge in [-0.1, -0.05) is 30.3 Å². The number of nitrogens with one attached hydrogen (secondary N) is 1. The van der Waals surface area contributed by atoms with Gasteiger partial charge < -0.3 is 5.32 Å². The highest BCUT2D eigenvalue weighted by Gasteiger charge is 2.16. The fourth-order valence-corrected chi connectivity index (χ4v) is 2.74. The topological polar surface area (TPSA) is 72.9 Å². The average Bonchev–Trinajstić information content (AvgIpc) is 3.31. The minimum Gasteiger partial charge on any atom is -0.364 e. The van der Waals surface area contributed by atoms with E-state index in [0.717, 1.165) is 22.9 Å². The number of hydrogen-bond acceptors (Lipinski definition) is 5. The van der Waals surface area contributed by atoms with Crippen LogP contribution in [0.5, 0.6) is 0 Å². The second-order valence-electron chi connectivity index (χ2n) is 6.04. The molecule has 3 aromatic heterocycles. The van der Waals surface area contributed by atoms with Crippen LogP contribution in [0.1, 0.15) is 19.9 Å². The molecule has 1 N–H and O–H groups in total. The van der Waals surface area contributed by atoms with Gasteiger partial charge in [-0.15, -0.1) is 15.3 Å². The normalized spacial score (nSPS) is 13.7. The van der Waals surface area contributed by atoms with E-state index >= 15 is 0 Å². The van der Waals surface area contributed by atoms with Gasteiger partial charge in [0.15, 0.2) is 11.5 Å². The van der Waals surface area contributed by atoms with Gasteiger partial charge in [-0.05, 0) is 32.0 Å². The van der Waals surface area contributed by atoms with Crippen LogP contribution in [0.3, 0.4) is 0 Å². The van der Waals surface area contributed by atoms with Crippen LogP contribution in [-0.2, 0) is 0 Å². The average molecular weight is 333 g/mol. The highest BCUT2D eigenvalue weighted by atomic mass is 15.4. The molecular formula is C18H19N7. The third kappa shape index (κ3) is 2.96. The van der Waals surface area contributed by atoms with Crippen LogP contribution in [0.15, 0.2) is 60.9 Å². The smallest absolute Gasteiger partial charge is 0.185 e. The molecule has 0 radical (unpaired) electrons. The van der Waals surface area contributed by atoms with Crippen LogP contribution < -0.4 is 5.32 Å². The van der Waals surface area contributed by atoms with E-state index in [1.807, 2.05) is 59.4 Å². The molecule has 0 aliphatic rings. The monoisotopic (exact) mass is 333 g/mol. The Morgan fingerprint density at radius 1 is 0.960 bits per heavy atom. The second kappa shape index (κ2) is 6.35. The lowest BCUT2D eigenvalue weighted by atomic mass is 10.2. The number of hydrogen-bond donors (Lipinski definition) is 1. The summed E-state index contributed by atoms with van der Waals surface area (Å²) in [7, 11) is 0. The fourth-order valence-electron chi connectivity index (χ4n) is 2.74. The molecule has 7 nitrogen and oxygen atoms in total. The number of aromatic nitrogens is 6. The quantitative estimate of drug-likeness (QED) is 0.608. The van der Waals surface area contributed by atoms with E-state index in [0.29, 0.717) is 0 Å². The summed E-state index contributed by atoms with van der Waals surface area (Å²) in [5.41, 5.74) is 1.70. The van der Waals surface area contributed by atoms with Crippen molar-refractivity contribution in [1.29, 1.82) is 0 Å². The Morgan fingerprint density at radius 3 is 2.56 bits per heavy atom. The van der Waals surface area contributed by atoms with Crippen LogP contribution in [0.25, 0.3) is 17.0 Å². The number of fused-ring (bicyclic) bond motifs is 1. The molecule has 0 fully saturated rings. The van der Waals surface area contributed by atoms with Crippen LogP contribution in [0, 0.1) is 0 Å². The summed E-state index contributed by atoms with van der Waals surface area (Å²) in [4.78, 5) is 0. The maximum absolute atomic E-state index is 4.67. The summed E-state index contributed by atoms with van der Waals surface area (Å²) in [5, 5.41) is 20.9. The van der Waals surface area contributed by atoms with Crippen molar-refractivity contribution >= 4 is 11.5 Å². The Bertz CT molecular complexity index is 960. The van der Waals surface area contributed by atoms with Crippen molar-refractivity contribution in [2.24, 2.45) is 0 Å². The molecule has 4 rings (SSSR count). The highest BCUT2D eigenvalue weighted by Crippen LogP contribution is 2.19. The third-order valence-corrected chi connectivity index (χ3v) is 4.34. The van der Waals surface area contributed by atoms with Crippen molar-refractivity contribution in [3.8, 4) is 11.4 Å². The molecule has 0 aliphatic carbocycles. The highest BCUT2D eigenvalue weighted by molar-refractivity contribution is 5.59. The Morgan fingerprint density at radius 2 is 1.80 bits per heavy atom. The van der Waals surface area contributed by atoms with E-state index in [4.69, 9.17) is 0 Å². The largest absolute Gasteiger partial charge is 0.364 e. The van der Waals surface area contributed by atoms with Gasteiger partial charge in [-0.25, -0.2) is 0 Å². The molecule has 0 amide bonds. The molecule has 0 saturated carbocycles. The summed E-state index contributed by atoms with van der Waals surface area (Å²) in [6.45, 7) is 4.24. The number of benzene rings is 1. The Hall–Kier alpha value is -3.22. The third-order valence-electron chi connectivity index (χ3n) is 4.34. The lowest BCUT2D eigenvalue weighted by molar-refractivity contribution is 0.442. The van der Waals surface area contributed by atoms with Crippen molar-refractivity contribution in [3.63, 3.8) is 0 Å². The first-order valence-electron chi connectivity index (χ1n) is 8.26. The Labute approximate surface area is 145 Å². The van der Waals surface area contributed by atoms with Crippen LogP contribution >= 0.6 is 0 Å². The molecule has 0 spiro atoms. The summed E-state index contributed by atoms with van der Waals surface area (Å²) in [6.07, 6.45) is 3.75. The van der Waals surface area contributed by atoms with E-state index < -0.39 is 0 Å². The summed E-state index contributed by atoms with van der Waals surface area (Å²) < 4.78 is 3.70. The van der Waals surface area contributed by atoms with Crippen molar-refractivity contribution in [1.82, 2.24) is 29.6 Å². The molecule has 1 aromatic carbocycles. The predicted octanol–water partition coefficient (Wildman–Crippen LogP) is 3.05. The van der Waals surface area contributed by atoms with E-state index in [1.165, 1.54) is 0 Å². The van der Waals surface area contributed by atoms with E-state index in [2.05, 4.69) is 39.6 Å². The van der Waals surface area contributed by atoms with Crippen molar-refractivity contribution < 1.29 is 0 Å². The molecule has 0 unspecified atom stereocenters. The van der Waals surface area contributed by atoms with Gasteiger partial charge in [0.25, 0.3) is 0 Å². The van der Waals surface area contributed by atoms with E-state index in [9.17, 15) is 0 Å². The molecule has 0 aliphatic heterocycles. The molecular weight excluding hydrogens is 314 g/mol. The molecule has 25 heavy (non-hydrogen) atoms. The lowest BCUT2D eigenvalue weighted by Crippen LogP contribution is -2.27. The van der Waals surface area contributed by atoms with Crippen molar-refractivity contribution in [2.75, 3.05) is 5.32 Å². The van der Waals surface area contributed by atoms with Gasteiger partial charge in [-0.3, -0.25) is 4.68 Å². The van der Waals surface area contributed by atoms with Gasteiger partial charge in [-0.2, -0.15) is 9.61 Å². The van der Waals surface area contributed by atoms with E-state index in [1.54, 1.807) is 10.7 Å². The zero-order valence-corrected chi connectivity index (χ0v) is 14.1. The minimum absolute atomic E-state index is 0.154. The Balaban J connectivity index is 1.63. The van der Waals surface area contributed by atoms with Crippen LogP contribution in [0.4, 0.5) is 5.82 Å². The zero-order valence-electron chi connectivity index (χ0n) is 14.1. The van der Waals surface area contributed by atoms with Gasteiger partial charge in [0, 0.05) is 24.0 Å². The summed E-state index contributed by atoms with van der Waals surface area (Å²) in [6, 6.07) is 16.1. The fraction of sp³-hybridized carbons (Fsp3) is 0.222. The molecule has 0 bridgehead atoms. The minimum atomic E-state index is 0.154. The van der Waals surface area contributed by atoms with E-state index in [-0.39, 0.29) is 12.1 Å². The van der Waals surface area contributed by atoms with Crippen LogP contribution in [0.2, 0.25) is 0 Å². The van der Waals surface area contributed by atoms with Gasteiger partial charge >= 0.3 is 0 Å². The lowest BCUT2D eigenvalue weighted by Gasteiger charge is -2.22. The molecule has 0 saturated heterocycles. The maximum Gasteiger partial charge on any atom is 0.185 e. The predicted molar refractivity (Wildman–Crippen MR) is 96.2 cm³/mol. The second-order valence-corrected chi connectivity index (χ2v) is 6.04. The molecule has 3 heterocycles. The standard InChI is InChI=1S/C18H19N7/c1-13(14(2)24-12-6-11-19-24)20-16-9-10-17-21-22-18(25(17)23-16)15-7-4-3-5-8-15/h3-14H,1-2H3,(H,20,23)/t13-,14-/m0/s1. The van der Waals surface area contributed by atoms with Crippen molar-refractivity contribution in [3.05, 3.63) is 60.9 Å². The molecule has 7 heteroatoms. The van der Waals surface area contributed by atoms with Crippen LogP contribution in [-0.4, -0.2) is 35.6 Å². The van der Waals surface area contributed by atoms with Crippen molar-refractivity contribution in [2.45, 2.75) is 25.9 Å². The first-order valence-corrected chi connectivity index (χ1v) is 8.26. The molecule has 2 atom stereocenters. The van der Waals surface area contributed by atoms with Gasteiger partial charge in [0.05, 0.1) is 6.04 Å². The molecule has 4 aromatic rings. The summed E-state index contributed by atoms with van der Waals surface area (Å²) >= 11 is 0. The Kier molecular flexibility index (Phi) is 3.89. The maximum atomic E-state index is 4.67. The number of anilines is 1. The summed E-state index contributed by atoms with van der Waals surface area (Å²) in [5.74, 6) is 1.50. The van der Waals surface area contributed by atoms with Gasteiger partial charge in [0.1, 0.15) is 5.82 Å². The van der Waals surface area contributed by atoms with Gasteiger partial charge in [0.2, 0.25) is 0 Å². The first-order chi connectivity index (χ1) is 12.2.